The van der Waals surface area contributed by atoms with Gasteiger partial charge in [-0.2, -0.15) is 0 Å². The van der Waals surface area contributed by atoms with Crippen molar-refractivity contribution in [2.45, 2.75) is 112 Å². The maximum atomic E-state index is 2.75. The molecule has 0 saturated heterocycles. The van der Waals surface area contributed by atoms with Crippen LogP contribution in [0.25, 0.3) is 0 Å². The molecule has 0 bridgehead atoms. The third-order valence-electron chi connectivity index (χ3n) is 10.6. The molecular weight excluding hydrogens is 336 g/mol. The normalized spacial score (nSPS) is 46.5. The molecule has 4 aliphatic rings. The van der Waals surface area contributed by atoms with Gasteiger partial charge in [0.05, 0.1) is 0 Å². The largest absolute Gasteiger partial charge is 0.0845 e. The Morgan fingerprint density at radius 3 is 2.54 bits per heavy atom. The summed E-state index contributed by atoms with van der Waals surface area (Å²) in [6, 6.07) is 0. The average Bonchev–Trinajstić information content (AvgIpc) is 2.99. The van der Waals surface area contributed by atoms with Crippen molar-refractivity contribution in [1.29, 1.82) is 0 Å². The predicted octanol–water partition coefficient (Wildman–Crippen LogP) is 8.91. The zero-order chi connectivity index (χ0) is 20.1. The molecule has 3 unspecified atom stereocenters. The minimum atomic E-state index is 0. The molecule has 0 aliphatic heterocycles. The van der Waals surface area contributed by atoms with Gasteiger partial charge in [0.25, 0.3) is 0 Å². The summed E-state index contributed by atoms with van der Waals surface area (Å²) in [6.07, 6.45) is 19.0. The number of fused-ring (bicyclic) bond motifs is 5. The van der Waals surface area contributed by atoms with Crippen LogP contribution in [-0.4, -0.2) is 0 Å². The van der Waals surface area contributed by atoms with Crippen molar-refractivity contribution < 1.29 is 1.43 Å². The fourth-order valence-corrected chi connectivity index (χ4v) is 8.87. The zero-order valence-electron chi connectivity index (χ0n) is 19.9. The summed E-state index contributed by atoms with van der Waals surface area (Å²) in [4.78, 5) is 0. The van der Waals surface area contributed by atoms with Crippen molar-refractivity contribution in [2.24, 2.45) is 52.3 Å². The minimum Gasteiger partial charge on any atom is -0.0845 e. The standard InChI is InChI=1S/C28H48.H2/c1-19(2)8-7-9-21(4)24-12-13-25-23-11-10-22-18-20(3)14-16-27(22,5)26(23)15-17-28(24,25)6;/h10,19-21,23-26H,7-9,11-18H2,1-6H3;1H/t20-,21+,23-,24+,25?,26?,27-,28?;/m0./s1. The summed E-state index contributed by atoms with van der Waals surface area (Å²) in [5.41, 5.74) is 3.06. The predicted molar refractivity (Wildman–Crippen MR) is 124 cm³/mol. The van der Waals surface area contributed by atoms with E-state index >= 15 is 0 Å². The third-order valence-corrected chi connectivity index (χ3v) is 10.6. The highest BCUT2D eigenvalue weighted by atomic mass is 14.6. The van der Waals surface area contributed by atoms with Crippen molar-refractivity contribution >= 4 is 0 Å². The van der Waals surface area contributed by atoms with Gasteiger partial charge >= 0.3 is 0 Å². The second-order valence-corrected chi connectivity index (χ2v) is 12.6. The first-order valence-corrected chi connectivity index (χ1v) is 12.9. The molecule has 3 fully saturated rings. The Morgan fingerprint density at radius 1 is 1.00 bits per heavy atom. The smallest absolute Gasteiger partial charge is 0 e. The number of hydrogen-bond donors (Lipinski definition) is 0. The summed E-state index contributed by atoms with van der Waals surface area (Å²) in [6.45, 7) is 15.3. The van der Waals surface area contributed by atoms with Gasteiger partial charge < -0.3 is 0 Å². The summed E-state index contributed by atoms with van der Waals surface area (Å²) in [7, 11) is 0. The van der Waals surface area contributed by atoms with E-state index in [1.165, 1.54) is 70.6 Å². The van der Waals surface area contributed by atoms with Gasteiger partial charge in [-0.15, -0.1) is 0 Å². The molecule has 0 heteroatoms. The first kappa shape index (κ1) is 21.0. The van der Waals surface area contributed by atoms with E-state index in [1.54, 1.807) is 0 Å². The minimum absolute atomic E-state index is 0. The van der Waals surface area contributed by atoms with E-state index in [0.717, 1.165) is 41.4 Å². The van der Waals surface area contributed by atoms with Crippen LogP contribution >= 0.6 is 0 Å². The molecule has 28 heavy (non-hydrogen) atoms. The Bertz CT molecular complexity index is 591. The highest BCUT2D eigenvalue weighted by Crippen LogP contribution is 2.67. The lowest BCUT2D eigenvalue weighted by Gasteiger charge is -2.58. The molecule has 0 amide bonds. The molecule has 0 spiro atoms. The summed E-state index contributed by atoms with van der Waals surface area (Å²) in [5, 5.41) is 0. The van der Waals surface area contributed by atoms with Gasteiger partial charge in [0.1, 0.15) is 0 Å². The lowest BCUT2D eigenvalue weighted by Crippen LogP contribution is -2.50. The van der Waals surface area contributed by atoms with E-state index in [4.69, 9.17) is 0 Å². The van der Waals surface area contributed by atoms with Crippen LogP contribution in [0.15, 0.2) is 11.6 Å². The molecule has 0 aromatic heterocycles. The molecule has 0 nitrogen and oxygen atoms in total. The van der Waals surface area contributed by atoms with Crippen molar-refractivity contribution in [1.82, 2.24) is 0 Å². The van der Waals surface area contributed by atoms with Gasteiger partial charge in [0.15, 0.2) is 0 Å². The Morgan fingerprint density at radius 2 is 1.79 bits per heavy atom. The third kappa shape index (κ3) is 3.43. The zero-order valence-corrected chi connectivity index (χ0v) is 19.9. The molecule has 0 heterocycles. The highest BCUT2D eigenvalue weighted by molar-refractivity contribution is 5.25. The van der Waals surface area contributed by atoms with Gasteiger partial charge in [-0.05, 0) is 104 Å². The van der Waals surface area contributed by atoms with E-state index in [1.807, 2.05) is 5.57 Å². The number of allylic oxidation sites excluding steroid dienone is 2. The van der Waals surface area contributed by atoms with E-state index in [-0.39, 0.29) is 1.43 Å². The Labute approximate surface area is 177 Å². The van der Waals surface area contributed by atoms with Crippen LogP contribution in [0.2, 0.25) is 0 Å². The fraction of sp³-hybridized carbons (Fsp3) is 0.929. The monoisotopic (exact) mass is 386 g/mol. The first-order valence-electron chi connectivity index (χ1n) is 12.9. The van der Waals surface area contributed by atoms with Crippen LogP contribution in [0.3, 0.4) is 0 Å². The topological polar surface area (TPSA) is 0 Å². The molecule has 4 rings (SSSR count). The number of hydrogen-bond acceptors (Lipinski definition) is 0. The molecule has 8 atom stereocenters. The van der Waals surface area contributed by atoms with Crippen LogP contribution in [0.4, 0.5) is 0 Å². The molecule has 3 saturated carbocycles. The van der Waals surface area contributed by atoms with E-state index in [2.05, 4.69) is 47.6 Å². The molecule has 0 radical (unpaired) electrons. The lowest BCUT2D eigenvalue weighted by atomic mass is 9.46. The van der Waals surface area contributed by atoms with Gasteiger partial charge in [-0.3, -0.25) is 0 Å². The number of rotatable bonds is 5. The Kier molecular flexibility index (Phi) is 5.83. The molecule has 0 N–H and O–H groups in total. The molecule has 0 aromatic carbocycles. The van der Waals surface area contributed by atoms with Crippen molar-refractivity contribution in [2.75, 3.05) is 0 Å². The second kappa shape index (κ2) is 7.77. The van der Waals surface area contributed by atoms with Gasteiger partial charge in [-0.1, -0.05) is 72.5 Å². The Balaban J connectivity index is 0.00000240. The second-order valence-electron chi connectivity index (χ2n) is 12.6. The molecule has 0 aromatic rings. The van der Waals surface area contributed by atoms with Gasteiger partial charge in [0.2, 0.25) is 0 Å². The van der Waals surface area contributed by atoms with Crippen molar-refractivity contribution in [3.05, 3.63) is 11.6 Å². The summed E-state index contributed by atoms with van der Waals surface area (Å²) in [5.74, 6) is 6.73. The average molecular weight is 387 g/mol. The molecular formula is C28H50. The molecule has 162 valence electrons. The van der Waals surface area contributed by atoms with Crippen molar-refractivity contribution in [3.8, 4) is 0 Å². The maximum absolute atomic E-state index is 2.75. The van der Waals surface area contributed by atoms with E-state index in [0.29, 0.717) is 10.8 Å². The quantitative estimate of drug-likeness (QED) is 0.414. The lowest BCUT2D eigenvalue weighted by molar-refractivity contribution is -0.0523. The van der Waals surface area contributed by atoms with Crippen LogP contribution in [0.5, 0.6) is 0 Å². The highest BCUT2D eigenvalue weighted by Gasteiger charge is 2.58. The summed E-state index contributed by atoms with van der Waals surface area (Å²) >= 11 is 0. The van der Waals surface area contributed by atoms with Crippen LogP contribution in [-0.2, 0) is 0 Å². The fourth-order valence-electron chi connectivity index (χ4n) is 8.87. The SMILES string of the molecule is CC(C)CCC[C@@H](C)[C@H]1CCC2[C@@H]3CC=C4C[C@@H](C)CC[C@]4(C)C3CCC21C.[HH]. The molecule has 4 aliphatic carbocycles. The van der Waals surface area contributed by atoms with Gasteiger partial charge in [-0.25, -0.2) is 0 Å². The van der Waals surface area contributed by atoms with Gasteiger partial charge in [0, 0.05) is 1.43 Å². The van der Waals surface area contributed by atoms with E-state index < -0.39 is 0 Å². The van der Waals surface area contributed by atoms with Crippen molar-refractivity contribution in [3.63, 3.8) is 0 Å². The maximum Gasteiger partial charge on any atom is 0 e. The Hall–Kier alpha value is -0.260. The summed E-state index contributed by atoms with van der Waals surface area (Å²) < 4.78 is 0. The van der Waals surface area contributed by atoms with Crippen LogP contribution in [0.1, 0.15) is 114 Å². The first-order chi connectivity index (χ1) is 13.3. The van der Waals surface area contributed by atoms with E-state index in [9.17, 15) is 0 Å². The van der Waals surface area contributed by atoms with Crippen LogP contribution < -0.4 is 0 Å². The van der Waals surface area contributed by atoms with Crippen LogP contribution in [0, 0.1) is 52.3 Å².